The highest BCUT2D eigenvalue weighted by atomic mass is 16.3. The standard InChI is InChI=1S/C21H32O4/c1-20-8-7-13(23)9-12(20)3-4-14-15-5-6-16(18(25)11-22)21(15,2)10-17(24)19(14)20/h12,14-17,19,22,24H,3-11H2,1-2H3/t12?,14-,15-,16?,17-,19+,20-,21-/m0/s1. The minimum atomic E-state index is -0.389. The van der Waals surface area contributed by atoms with Crippen molar-refractivity contribution >= 4 is 11.6 Å². The van der Waals surface area contributed by atoms with Crippen molar-refractivity contribution in [1.29, 1.82) is 0 Å². The number of rotatable bonds is 2. The summed E-state index contributed by atoms with van der Waals surface area (Å²) in [5.41, 5.74) is -0.106. The maximum atomic E-state index is 12.3. The molecule has 0 aromatic heterocycles. The van der Waals surface area contributed by atoms with Crippen molar-refractivity contribution in [3.63, 3.8) is 0 Å². The van der Waals surface area contributed by atoms with E-state index in [-0.39, 0.29) is 41.2 Å². The molecule has 4 nitrogen and oxygen atoms in total. The molecule has 0 aliphatic heterocycles. The second-order valence-electron chi connectivity index (χ2n) is 9.85. The molecule has 0 bridgehead atoms. The van der Waals surface area contributed by atoms with E-state index in [9.17, 15) is 19.8 Å². The predicted octanol–water partition coefficient (Wildman–Crippen LogP) is 2.75. The quantitative estimate of drug-likeness (QED) is 0.805. The van der Waals surface area contributed by atoms with Crippen molar-refractivity contribution in [2.45, 2.75) is 71.3 Å². The molecular formula is C21H32O4. The molecular weight excluding hydrogens is 316 g/mol. The summed E-state index contributed by atoms with van der Waals surface area (Å²) in [5.74, 6) is 1.86. The lowest BCUT2D eigenvalue weighted by atomic mass is 9.44. The number of aliphatic hydroxyl groups is 2. The first-order valence-corrected chi connectivity index (χ1v) is 10.1. The van der Waals surface area contributed by atoms with Crippen molar-refractivity contribution in [2.24, 2.45) is 40.4 Å². The van der Waals surface area contributed by atoms with Gasteiger partial charge < -0.3 is 10.2 Å². The average molecular weight is 348 g/mol. The van der Waals surface area contributed by atoms with Gasteiger partial charge in [0.2, 0.25) is 0 Å². The Morgan fingerprint density at radius 2 is 1.92 bits per heavy atom. The summed E-state index contributed by atoms with van der Waals surface area (Å²) in [6.07, 6.45) is 6.62. The van der Waals surface area contributed by atoms with Gasteiger partial charge in [-0.25, -0.2) is 0 Å². The van der Waals surface area contributed by atoms with Crippen LogP contribution in [-0.4, -0.2) is 34.5 Å². The zero-order valence-corrected chi connectivity index (χ0v) is 15.5. The van der Waals surface area contributed by atoms with Gasteiger partial charge in [-0.2, -0.15) is 0 Å². The second-order valence-corrected chi connectivity index (χ2v) is 9.85. The van der Waals surface area contributed by atoms with Crippen LogP contribution in [0.2, 0.25) is 0 Å². The van der Waals surface area contributed by atoms with Gasteiger partial charge >= 0.3 is 0 Å². The van der Waals surface area contributed by atoms with Crippen LogP contribution in [0.3, 0.4) is 0 Å². The molecule has 140 valence electrons. The number of Topliss-reactive ketones (excluding diaryl/α,β-unsaturated/α-hetero) is 2. The van der Waals surface area contributed by atoms with Crippen LogP contribution in [-0.2, 0) is 9.59 Å². The Balaban J connectivity index is 1.66. The number of ketones is 2. The van der Waals surface area contributed by atoms with Gasteiger partial charge in [-0.15, -0.1) is 0 Å². The van der Waals surface area contributed by atoms with E-state index in [2.05, 4.69) is 13.8 Å². The first-order chi connectivity index (χ1) is 11.8. The first-order valence-electron chi connectivity index (χ1n) is 10.1. The van der Waals surface area contributed by atoms with Crippen LogP contribution in [0.15, 0.2) is 0 Å². The minimum absolute atomic E-state index is 0.0428. The van der Waals surface area contributed by atoms with E-state index >= 15 is 0 Å². The molecule has 2 N–H and O–H groups in total. The molecule has 4 aliphatic rings. The van der Waals surface area contributed by atoms with Crippen LogP contribution in [0.5, 0.6) is 0 Å². The van der Waals surface area contributed by atoms with Gasteiger partial charge in [0, 0.05) is 18.8 Å². The molecule has 0 aromatic rings. The van der Waals surface area contributed by atoms with Crippen molar-refractivity contribution in [1.82, 2.24) is 0 Å². The number of carbonyl (C=O) groups is 2. The lowest BCUT2D eigenvalue weighted by molar-refractivity contribution is -0.174. The Labute approximate surface area is 150 Å². The minimum Gasteiger partial charge on any atom is -0.393 e. The third-order valence-corrected chi connectivity index (χ3v) is 8.95. The smallest absolute Gasteiger partial charge is 0.161 e. The monoisotopic (exact) mass is 348 g/mol. The topological polar surface area (TPSA) is 74.6 Å². The Kier molecular flexibility index (Phi) is 4.16. The number of hydrogen-bond donors (Lipinski definition) is 2. The maximum Gasteiger partial charge on any atom is 0.161 e. The molecule has 0 saturated heterocycles. The average Bonchev–Trinajstić information content (AvgIpc) is 2.91. The Morgan fingerprint density at radius 3 is 2.64 bits per heavy atom. The van der Waals surface area contributed by atoms with Crippen LogP contribution in [0.1, 0.15) is 65.2 Å². The van der Waals surface area contributed by atoms with Crippen LogP contribution in [0.25, 0.3) is 0 Å². The highest BCUT2D eigenvalue weighted by molar-refractivity contribution is 5.83. The fourth-order valence-electron chi connectivity index (χ4n) is 7.81. The molecule has 8 atom stereocenters. The molecule has 4 heteroatoms. The van der Waals surface area contributed by atoms with E-state index in [0.717, 1.165) is 32.1 Å². The van der Waals surface area contributed by atoms with Crippen LogP contribution < -0.4 is 0 Å². The molecule has 0 aromatic carbocycles. The zero-order chi connectivity index (χ0) is 18.0. The van der Waals surface area contributed by atoms with Gasteiger partial charge in [0.1, 0.15) is 12.4 Å². The fourth-order valence-corrected chi connectivity index (χ4v) is 7.81. The van der Waals surface area contributed by atoms with Gasteiger partial charge in [0.25, 0.3) is 0 Å². The summed E-state index contributed by atoms with van der Waals surface area (Å²) in [4.78, 5) is 24.3. The maximum absolute atomic E-state index is 12.3. The summed E-state index contributed by atoms with van der Waals surface area (Å²) in [6, 6.07) is 0. The molecule has 0 radical (unpaired) electrons. The van der Waals surface area contributed by atoms with Gasteiger partial charge in [-0.3, -0.25) is 9.59 Å². The lowest BCUT2D eigenvalue weighted by Gasteiger charge is -2.61. The van der Waals surface area contributed by atoms with Crippen LogP contribution in [0.4, 0.5) is 0 Å². The van der Waals surface area contributed by atoms with Crippen molar-refractivity contribution in [3.8, 4) is 0 Å². The van der Waals surface area contributed by atoms with E-state index in [1.165, 1.54) is 0 Å². The number of aliphatic hydroxyl groups excluding tert-OH is 2. The van der Waals surface area contributed by atoms with Crippen LogP contribution >= 0.6 is 0 Å². The molecule has 4 aliphatic carbocycles. The molecule has 0 heterocycles. The highest BCUT2D eigenvalue weighted by Gasteiger charge is 2.63. The largest absolute Gasteiger partial charge is 0.393 e. The summed E-state index contributed by atoms with van der Waals surface area (Å²) in [7, 11) is 0. The number of carbonyl (C=O) groups excluding carboxylic acids is 2. The van der Waals surface area contributed by atoms with Crippen LogP contribution in [0, 0.1) is 40.4 Å². The van der Waals surface area contributed by atoms with E-state index in [0.29, 0.717) is 42.8 Å². The van der Waals surface area contributed by atoms with E-state index in [1.54, 1.807) is 0 Å². The molecule has 0 spiro atoms. The third-order valence-electron chi connectivity index (χ3n) is 8.95. The summed E-state index contributed by atoms with van der Waals surface area (Å²) < 4.78 is 0. The van der Waals surface area contributed by atoms with E-state index < -0.39 is 0 Å². The Morgan fingerprint density at radius 1 is 1.16 bits per heavy atom. The first kappa shape index (κ1) is 17.7. The van der Waals surface area contributed by atoms with Gasteiger partial charge in [-0.1, -0.05) is 13.8 Å². The number of fused-ring (bicyclic) bond motifs is 5. The van der Waals surface area contributed by atoms with Crippen molar-refractivity contribution in [3.05, 3.63) is 0 Å². The fraction of sp³-hybridized carbons (Fsp3) is 0.905. The molecule has 4 fully saturated rings. The molecule has 4 saturated carbocycles. The lowest BCUT2D eigenvalue weighted by Crippen LogP contribution is -2.59. The second kappa shape index (κ2) is 5.88. The number of hydrogen-bond acceptors (Lipinski definition) is 4. The Bertz CT molecular complexity index is 586. The third kappa shape index (κ3) is 2.39. The normalized spacial score (nSPS) is 52.2. The highest BCUT2D eigenvalue weighted by Crippen LogP contribution is 2.67. The Hall–Kier alpha value is -0.740. The summed E-state index contributed by atoms with van der Waals surface area (Å²) in [6.45, 7) is 4.12. The summed E-state index contributed by atoms with van der Waals surface area (Å²) in [5, 5.41) is 20.6. The van der Waals surface area contributed by atoms with Crippen molar-refractivity contribution < 1.29 is 19.8 Å². The molecule has 2 unspecified atom stereocenters. The molecule has 0 amide bonds. The van der Waals surface area contributed by atoms with Gasteiger partial charge in [-0.05, 0) is 73.0 Å². The SMILES string of the molecule is C[C@]12CCC(=O)CC1CC[C@@H]1[C@@H]2[C@@H](O)C[C@]2(C)C(C(=O)CO)CC[C@@H]12. The molecule has 4 rings (SSSR count). The van der Waals surface area contributed by atoms with Crippen molar-refractivity contribution in [2.75, 3.05) is 6.61 Å². The summed E-state index contributed by atoms with van der Waals surface area (Å²) >= 11 is 0. The van der Waals surface area contributed by atoms with Gasteiger partial charge in [0.15, 0.2) is 5.78 Å². The van der Waals surface area contributed by atoms with E-state index in [4.69, 9.17) is 0 Å². The van der Waals surface area contributed by atoms with E-state index in [1.807, 2.05) is 0 Å². The zero-order valence-electron chi connectivity index (χ0n) is 15.5. The van der Waals surface area contributed by atoms with Gasteiger partial charge in [0.05, 0.1) is 6.10 Å². The predicted molar refractivity (Wildman–Crippen MR) is 93.7 cm³/mol. The molecule has 25 heavy (non-hydrogen) atoms.